The van der Waals surface area contributed by atoms with Gasteiger partial charge in [-0.1, -0.05) is 49.4 Å². The Balaban J connectivity index is 1.95. The van der Waals surface area contributed by atoms with Gasteiger partial charge in [-0.15, -0.1) is 0 Å². The van der Waals surface area contributed by atoms with Crippen molar-refractivity contribution in [3.8, 4) is 5.75 Å². The van der Waals surface area contributed by atoms with Crippen LogP contribution in [0.1, 0.15) is 44.5 Å². The number of Topliss-reactive ketones (excluding diaryl/α,β-unsaturated/α-hetero) is 1. The topological polar surface area (TPSA) is 94.6 Å². The summed E-state index contributed by atoms with van der Waals surface area (Å²) in [5.41, 5.74) is 6.18. The van der Waals surface area contributed by atoms with Crippen LogP contribution in [0.3, 0.4) is 0 Å². The molecular formula is C22H18N2O4. The molecule has 2 atom stereocenters. The molecule has 1 aliphatic carbocycles. The number of aliphatic hydroxyl groups is 1. The van der Waals surface area contributed by atoms with Crippen LogP contribution in [0.2, 0.25) is 0 Å². The van der Waals surface area contributed by atoms with Gasteiger partial charge in [0.2, 0.25) is 11.3 Å². The summed E-state index contributed by atoms with van der Waals surface area (Å²) < 4.78 is 7.62. The number of aryl methyl sites for hydroxylation is 1. The van der Waals surface area contributed by atoms with Crippen molar-refractivity contribution in [2.75, 3.05) is 0 Å². The summed E-state index contributed by atoms with van der Waals surface area (Å²) in [6.07, 6.45) is 2.26. The van der Waals surface area contributed by atoms with Gasteiger partial charge in [-0.25, -0.2) is 0 Å². The van der Waals surface area contributed by atoms with Crippen LogP contribution in [0.25, 0.3) is 0 Å². The van der Waals surface area contributed by atoms with E-state index in [0.29, 0.717) is 28.9 Å². The van der Waals surface area contributed by atoms with Crippen molar-refractivity contribution < 1.29 is 19.4 Å². The fourth-order valence-corrected chi connectivity index (χ4v) is 4.65. The Morgan fingerprint density at radius 3 is 2.61 bits per heavy atom. The molecule has 6 nitrogen and oxygen atoms in total. The van der Waals surface area contributed by atoms with Crippen LogP contribution in [0, 0.1) is 0 Å². The van der Waals surface area contributed by atoms with E-state index in [1.807, 2.05) is 19.1 Å². The third-order valence-electron chi connectivity index (χ3n) is 5.84. The molecule has 0 spiro atoms. The van der Waals surface area contributed by atoms with E-state index in [9.17, 15) is 14.7 Å². The zero-order valence-corrected chi connectivity index (χ0v) is 15.2. The number of aromatic nitrogens is 1. The van der Waals surface area contributed by atoms with Crippen molar-refractivity contribution in [1.29, 1.82) is 0 Å². The third kappa shape index (κ3) is 1.67. The van der Waals surface area contributed by atoms with Crippen LogP contribution in [-0.2, 0) is 17.7 Å². The summed E-state index contributed by atoms with van der Waals surface area (Å²) in [7, 11) is 0. The second-order valence-electron chi connectivity index (χ2n) is 7.11. The van der Waals surface area contributed by atoms with Crippen LogP contribution in [0.4, 0.5) is 0 Å². The molecule has 28 heavy (non-hydrogen) atoms. The lowest BCUT2D eigenvalue weighted by molar-refractivity contribution is -0.171. The molecule has 1 aromatic heterocycles. The number of amides is 1. The van der Waals surface area contributed by atoms with Crippen LogP contribution < -0.4 is 10.5 Å². The molecule has 140 valence electrons. The number of hydrogen-bond acceptors (Lipinski definition) is 4. The Morgan fingerprint density at radius 1 is 1.11 bits per heavy atom. The van der Waals surface area contributed by atoms with Gasteiger partial charge in [-0.3, -0.25) is 9.59 Å². The second kappa shape index (κ2) is 5.33. The molecule has 0 saturated heterocycles. The molecular weight excluding hydrogens is 356 g/mol. The maximum absolute atomic E-state index is 13.8. The lowest BCUT2D eigenvalue weighted by Crippen LogP contribution is -2.54. The number of rotatable bonds is 3. The van der Waals surface area contributed by atoms with E-state index in [4.69, 9.17) is 10.5 Å². The molecule has 6 heteroatoms. The average Bonchev–Trinajstić information content (AvgIpc) is 3.32. The van der Waals surface area contributed by atoms with E-state index in [1.54, 1.807) is 42.6 Å². The maximum Gasteiger partial charge on any atom is 0.271 e. The molecule has 0 fully saturated rings. The van der Waals surface area contributed by atoms with Gasteiger partial charge in [-0.2, -0.15) is 0 Å². The SMILES string of the molecule is CCc1cccc2c1OC1(O)c3ccccc3C(=O)C21n1cccc1C(N)=O. The number of benzene rings is 2. The van der Waals surface area contributed by atoms with E-state index in [-0.39, 0.29) is 11.5 Å². The standard InChI is InChI=1S/C22H18N2O4/c1-2-13-7-5-10-16-18(13)28-22(27)15-9-4-3-8-14(15)19(25)21(16,22)24-12-6-11-17(24)20(23)26/h3-12,27H,2H2,1H3,(H2,23,26). The summed E-state index contributed by atoms with van der Waals surface area (Å²) in [6, 6.07) is 15.5. The molecule has 0 bridgehead atoms. The van der Waals surface area contributed by atoms with Gasteiger partial charge in [0.05, 0.1) is 0 Å². The van der Waals surface area contributed by atoms with Gasteiger partial charge in [-0.05, 0) is 24.1 Å². The molecule has 5 rings (SSSR count). The Hall–Kier alpha value is -3.38. The van der Waals surface area contributed by atoms with Crippen molar-refractivity contribution in [2.24, 2.45) is 5.73 Å². The molecule has 3 N–H and O–H groups in total. The lowest BCUT2D eigenvalue weighted by Gasteiger charge is -2.36. The zero-order valence-electron chi connectivity index (χ0n) is 15.2. The molecule has 2 aromatic carbocycles. The van der Waals surface area contributed by atoms with Gasteiger partial charge in [0.25, 0.3) is 11.7 Å². The van der Waals surface area contributed by atoms with E-state index < -0.39 is 17.2 Å². The van der Waals surface area contributed by atoms with Crippen LogP contribution in [0.5, 0.6) is 5.75 Å². The summed E-state index contributed by atoms with van der Waals surface area (Å²) in [5, 5.41) is 11.9. The lowest BCUT2D eigenvalue weighted by atomic mass is 9.81. The quantitative estimate of drug-likeness (QED) is 0.736. The minimum Gasteiger partial charge on any atom is -0.454 e. The first-order chi connectivity index (χ1) is 13.5. The van der Waals surface area contributed by atoms with Gasteiger partial charge in [0.15, 0.2) is 0 Å². The minimum absolute atomic E-state index is 0.123. The van der Waals surface area contributed by atoms with Gasteiger partial charge in [0, 0.05) is 22.9 Å². The monoisotopic (exact) mass is 374 g/mol. The molecule has 0 radical (unpaired) electrons. The summed E-state index contributed by atoms with van der Waals surface area (Å²) >= 11 is 0. The number of nitrogens with two attached hydrogens (primary N) is 1. The fraction of sp³-hybridized carbons (Fsp3) is 0.182. The largest absolute Gasteiger partial charge is 0.454 e. The predicted octanol–water partition coefficient (Wildman–Crippen LogP) is 2.33. The van der Waals surface area contributed by atoms with Crippen molar-refractivity contribution in [3.63, 3.8) is 0 Å². The Kier molecular flexibility index (Phi) is 3.19. The number of fused-ring (bicyclic) bond motifs is 5. The van der Waals surface area contributed by atoms with E-state index in [2.05, 4.69) is 0 Å². The highest BCUT2D eigenvalue weighted by Crippen LogP contribution is 2.61. The Bertz CT molecular complexity index is 1160. The molecule has 2 heterocycles. The number of carbonyl (C=O) groups excluding carboxylic acids is 2. The highest BCUT2D eigenvalue weighted by molar-refractivity contribution is 6.11. The van der Waals surface area contributed by atoms with Crippen LogP contribution in [-0.4, -0.2) is 21.4 Å². The number of primary amides is 1. The molecule has 1 aliphatic heterocycles. The van der Waals surface area contributed by atoms with Crippen LogP contribution >= 0.6 is 0 Å². The fourth-order valence-electron chi connectivity index (χ4n) is 4.65. The Labute approximate surface area is 161 Å². The van der Waals surface area contributed by atoms with Crippen molar-refractivity contribution in [1.82, 2.24) is 4.57 Å². The first-order valence-electron chi connectivity index (χ1n) is 9.12. The molecule has 0 saturated carbocycles. The van der Waals surface area contributed by atoms with Crippen molar-refractivity contribution in [3.05, 3.63) is 88.7 Å². The summed E-state index contributed by atoms with van der Waals surface area (Å²) in [6.45, 7) is 1.98. The Morgan fingerprint density at radius 2 is 1.86 bits per heavy atom. The molecule has 2 unspecified atom stereocenters. The van der Waals surface area contributed by atoms with E-state index >= 15 is 0 Å². The third-order valence-corrected chi connectivity index (χ3v) is 5.84. The summed E-state index contributed by atoms with van der Waals surface area (Å²) in [4.78, 5) is 25.9. The van der Waals surface area contributed by atoms with E-state index in [1.165, 1.54) is 10.6 Å². The first kappa shape index (κ1) is 16.8. The summed E-state index contributed by atoms with van der Waals surface area (Å²) in [5.74, 6) is -2.54. The zero-order chi connectivity index (χ0) is 19.7. The number of carbonyl (C=O) groups is 2. The molecule has 3 aromatic rings. The maximum atomic E-state index is 13.8. The predicted molar refractivity (Wildman–Crippen MR) is 101 cm³/mol. The number of ketones is 1. The number of hydrogen-bond donors (Lipinski definition) is 2. The average molecular weight is 374 g/mol. The van der Waals surface area contributed by atoms with Crippen molar-refractivity contribution in [2.45, 2.75) is 24.7 Å². The van der Waals surface area contributed by atoms with Crippen molar-refractivity contribution >= 4 is 11.7 Å². The van der Waals surface area contributed by atoms with E-state index in [0.717, 1.165) is 5.56 Å². The molecule has 1 amide bonds. The minimum atomic E-state index is -1.99. The molecule has 2 aliphatic rings. The number of para-hydroxylation sites is 1. The van der Waals surface area contributed by atoms with Gasteiger partial charge >= 0.3 is 0 Å². The first-order valence-corrected chi connectivity index (χ1v) is 9.12. The number of ether oxygens (including phenoxy) is 1. The van der Waals surface area contributed by atoms with Gasteiger partial charge in [0.1, 0.15) is 11.4 Å². The normalized spacial score (nSPS) is 24.4. The number of nitrogens with zero attached hydrogens (tertiary/aromatic N) is 1. The van der Waals surface area contributed by atoms with Crippen LogP contribution in [0.15, 0.2) is 60.8 Å². The smallest absolute Gasteiger partial charge is 0.271 e. The highest BCUT2D eigenvalue weighted by atomic mass is 16.6. The van der Waals surface area contributed by atoms with Gasteiger partial charge < -0.3 is 20.1 Å². The highest BCUT2D eigenvalue weighted by Gasteiger charge is 2.72. The second-order valence-corrected chi connectivity index (χ2v) is 7.11.